The lowest BCUT2D eigenvalue weighted by atomic mass is 10.6. The zero-order valence-electron chi connectivity index (χ0n) is 7.94. The second-order valence-corrected chi connectivity index (χ2v) is 7.72. The third-order valence-electron chi connectivity index (χ3n) is 2.67. The Kier molecular flexibility index (Phi) is 4.20. The van der Waals surface area contributed by atoms with Crippen LogP contribution in [-0.4, -0.2) is 19.0 Å². The third kappa shape index (κ3) is 2.09. The first-order valence-electron chi connectivity index (χ1n) is 4.08. The number of hydrogen-bond acceptors (Lipinski definition) is 0. The number of hydrogen-bond donors (Lipinski definition) is 0. The topological polar surface area (TPSA) is 0 Å². The van der Waals surface area contributed by atoms with Gasteiger partial charge in [0.2, 0.25) is 0 Å². The maximum absolute atomic E-state index is 2.45. The zero-order valence-corrected chi connectivity index (χ0v) is 8.83. The van der Waals surface area contributed by atoms with Gasteiger partial charge in [0.25, 0.3) is 0 Å². The summed E-state index contributed by atoms with van der Waals surface area (Å²) in [6, 6.07) is 0. The van der Waals surface area contributed by atoms with Gasteiger partial charge in [-0.2, -0.15) is 0 Å². The van der Waals surface area contributed by atoms with E-state index < -0.39 is 7.26 Å². The fourth-order valence-electron chi connectivity index (χ4n) is 1.03. The average molecular weight is 159 g/mol. The molecule has 0 aromatic heterocycles. The molecule has 0 aromatic rings. The van der Waals surface area contributed by atoms with E-state index in [9.17, 15) is 0 Å². The highest BCUT2D eigenvalue weighted by molar-refractivity contribution is 7.79. The van der Waals surface area contributed by atoms with Crippen molar-refractivity contribution in [1.82, 2.24) is 0 Å². The van der Waals surface area contributed by atoms with E-state index in [0.717, 1.165) is 0 Å². The Hall–Kier alpha value is 0.170. The van der Waals surface area contributed by atoms with Crippen molar-refractivity contribution in [3.63, 3.8) is 0 Å². The first-order valence-corrected chi connectivity index (χ1v) is 6.69. The molecule has 0 nitrogen and oxygen atoms in total. The molecule has 0 aliphatic carbocycles. The Balaban J connectivity index is 4.32. The largest absolute Gasteiger partial charge is 0.0639 e. The van der Waals surface area contributed by atoms with Gasteiger partial charge in [0.15, 0.2) is 0 Å². The van der Waals surface area contributed by atoms with Crippen LogP contribution in [0.15, 0.2) is 11.4 Å². The molecule has 0 spiro atoms. The van der Waals surface area contributed by atoms with Gasteiger partial charge in [-0.05, 0) is 33.8 Å². The van der Waals surface area contributed by atoms with Crippen LogP contribution in [0.4, 0.5) is 0 Å². The lowest BCUT2D eigenvalue weighted by molar-refractivity contribution is 1.35. The van der Waals surface area contributed by atoms with Crippen LogP contribution in [0.3, 0.4) is 0 Å². The number of rotatable bonds is 3. The van der Waals surface area contributed by atoms with E-state index in [0.29, 0.717) is 0 Å². The summed E-state index contributed by atoms with van der Waals surface area (Å²) in [6.45, 7) is 11.5. The monoisotopic (exact) mass is 159 g/mol. The molecule has 0 aliphatic heterocycles. The molecule has 0 bridgehead atoms. The van der Waals surface area contributed by atoms with Crippen LogP contribution in [-0.2, 0) is 0 Å². The minimum absolute atomic E-state index is 0.661. The van der Waals surface area contributed by atoms with Gasteiger partial charge in [0.1, 0.15) is 0 Å². The van der Waals surface area contributed by atoms with Gasteiger partial charge in [-0.25, -0.2) is 0 Å². The molecule has 1 heteroatoms. The molecule has 0 unspecified atom stereocenters. The van der Waals surface area contributed by atoms with Crippen LogP contribution < -0.4 is 0 Å². The Morgan fingerprint density at radius 3 is 1.80 bits per heavy atom. The summed E-state index contributed by atoms with van der Waals surface area (Å²) >= 11 is 0. The quantitative estimate of drug-likeness (QED) is 0.552. The van der Waals surface area contributed by atoms with Crippen molar-refractivity contribution in [1.29, 1.82) is 0 Å². The standard InChI is InChI=1S/C9H20P/c1-6-9(4)10(5,7-2)8-3/h6H,7-8H2,1-5H3/q+1. The molecule has 0 saturated heterocycles. The van der Waals surface area contributed by atoms with Crippen LogP contribution in [0.5, 0.6) is 0 Å². The van der Waals surface area contributed by atoms with Gasteiger partial charge in [-0.1, -0.05) is 0 Å². The summed E-state index contributed by atoms with van der Waals surface area (Å²) in [4.78, 5) is 0. The van der Waals surface area contributed by atoms with Gasteiger partial charge in [0.05, 0.1) is 24.3 Å². The lowest BCUT2D eigenvalue weighted by Gasteiger charge is -2.19. The van der Waals surface area contributed by atoms with E-state index in [1.165, 1.54) is 12.3 Å². The zero-order chi connectivity index (χ0) is 8.20. The molecular weight excluding hydrogens is 139 g/mol. The summed E-state index contributed by atoms with van der Waals surface area (Å²) < 4.78 is 0. The summed E-state index contributed by atoms with van der Waals surface area (Å²) in [5.41, 5.74) is 0. The number of allylic oxidation sites excluding steroid dienone is 2. The highest BCUT2D eigenvalue weighted by atomic mass is 31.2. The predicted octanol–water partition coefficient (Wildman–Crippen LogP) is 3.60. The molecule has 0 atom stereocenters. The van der Waals surface area contributed by atoms with E-state index in [1.807, 2.05) is 0 Å². The van der Waals surface area contributed by atoms with Gasteiger partial charge in [-0.3, -0.25) is 0 Å². The third-order valence-corrected chi connectivity index (χ3v) is 7.42. The van der Waals surface area contributed by atoms with E-state index in [-0.39, 0.29) is 0 Å². The second kappa shape index (κ2) is 4.13. The molecule has 0 N–H and O–H groups in total. The Labute approximate surface area is 66.1 Å². The molecular formula is C9H20P+. The maximum atomic E-state index is 2.45. The van der Waals surface area contributed by atoms with Crippen LogP contribution in [0.25, 0.3) is 0 Å². The van der Waals surface area contributed by atoms with Crippen molar-refractivity contribution in [2.45, 2.75) is 27.7 Å². The fourth-order valence-corrected chi connectivity index (χ4v) is 3.10. The SMILES string of the molecule is CC=C(C)[P+](C)(CC)CC. The molecule has 0 aromatic carbocycles. The molecule has 0 fully saturated rings. The Morgan fingerprint density at radius 1 is 1.30 bits per heavy atom. The van der Waals surface area contributed by atoms with Gasteiger partial charge < -0.3 is 0 Å². The molecule has 0 radical (unpaired) electrons. The van der Waals surface area contributed by atoms with Gasteiger partial charge in [-0.15, -0.1) is 0 Å². The molecule has 0 amide bonds. The highest BCUT2D eigenvalue weighted by Crippen LogP contribution is 2.61. The molecule has 10 heavy (non-hydrogen) atoms. The highest BCUT2D eigenvalue weighted by Gasteiger charge is 2.28. The minimum atomic E-state index is -0.661. The van der Waals surface area contributed by atoms with Crippen LogP contribution in [0.1, 0.15) is 27.7 Å². The van der Waals surface area contributed by atoms with Crippen LogP contribution in [0, 0.1) is 0 Å². The van der Waals surface area contributed by atoms with Crippen molar-refractivity contribution < 1.29 is 0 Å². The Bertz CT molecular complexity index is 121. The van der Waals surface area contributed by atoms with Crippen molar-refractivity contribution in [3.8, 4) is 0 Å². The normalized spacial score (nSPS) is 13.9. The van der Waals surface area contributed by atoms with Crippen molar-refractivity contribution in [3.05, 3.63) is 11.4 Å². The van der Waals surface area contributed by atoms with Gasteiger partial charge in [0, 0.05) is 7.26 Å². The summed E-state index contributed by atoms with van der Waals surface area (Å²) in [5.74, 6) is 0. The summed E-state index contributed by atoms with van der Waals surface area (Å²) in [7, 11) is -0.661. The molecule has 0 heterocycles. The average Bonchev–Trinajstić information content (AvgIpc) is 2.01. The Morgan fingerprint density at radius 2 is 1.70 bits per heavy atom. The van der Waals surface area contributed by atoms with Crippen molar-refractivity contribution in [2.75, 3.05) is 19.0 Å². The van der Waals surface area contributed by atoms with Crippen molar-refractivity contribution >= 4 is 7.26 Å². The maximum Gasteiger partial charge on any atom is 0.0639 e. The summed E-state index contributed by atoms with van der Waals surface area (Å²) in [5, 5.41) is 1.64. The molecule has 0 aliphatic rings. The molecule has 0 rings (SSSR count). The molecule has 60 valence electrons. The lowest BCUT2D eigenvalue weighted by Crippen LogP contribution is -1.97. The second-order valence-electron chi connectivity index (χ2n) is 2.96. The van der Waals surface area contributed by atoms with E-state index >= 15 is 0 Å². The fraction of sp³-hybridized carbons (Fsp3) is 0.778. The first-order chi connectivity index (χ1) is 4.60. The predicted molar refractivity (Wildman–Crippen MR) is 53.4 cm³/mol. The van der Waals surface area contributed by atoms with Crippen molar-refractivity contribution in [2.24, 2.45) is 0 Å². The van der Waals surface area contributed by atoms with Crippen LogP contribution in [0.2, 0.25) is 0 Å². The van der Waals surface area contributed by atoms with E-state index in [4.69, 9.17) is 0 Å². The van der Waals surface area contributed by atoms with Gasteiger partial charge >= 0.3 is 0 Å². The smallest absolute Gasteiger partial charge is 0.0498 e. The van der Waals surface area contributed by atoms with Crippen LogP contribution >= 0.6 is 7.26 Å². The first kappa shape index (κ1) is 10.2. The summed E-state index contributed by atoms with van der Waals surface area (Å²) in [6.07, 6.45) is 5.00. The van der Waals surface area contributed by atoms with E-state index in [1.54, 1.807) is 5.31 Å². The molecule has 0 saturated carbocycles. The minimum Gasteiger partial charge on any atom is -0.0498 e. The van der Waals surface area contributed by atoms with E-state index in [2.05, 4.69) is 40.4 Å².